The van der Waals surface area contributed by atoms with E-state index in [4.69, 9.17) is 30.6 Å². The van der Waals surface area contributed by atoms with E-state index in [1.807, 2.05) is 16.0 Å². The monoisotopic (exact) mass is 927 g/mol. The zero-order chi connectivity index (χ0) is 50.2. The average molecular weight is 928 g/mol. The van der Waals surface area contributed by atoms with E-state index in [0.29, 0.717) is 0 Å². The number of aliphatic hydroxyl groups excluding tert-OH is 15. The summed E-state index contributed by atoms with van der Waals surface area (Å²) in [5.74, 6) is -11.7. The van der Waals surface area contributed by atoms with Gasteiger partial charge in [-0.05, 0) is 0 Å². The molecule has 30 heteroatoms. The first-order valence-electron chi connectivity index (χ1n) is 17.9. The molecular weight excluding hydrogens is 870 g/mol. The van der Waals surface area contributed by atoms with Crippen molar-refractivity contribution in [2.75, 3.05) is 19.8 Å². The molecule has 0 bridgehead atoms. The second kappa shape index (κ2) is 31.1. The third-order valence-corrected chi connectivity index (χ3v) is 8.15. The van der Waals surface area contributed by atoms with Crippen molar-refractivity contribution < 1.29 is 135 Å². The van der Waals surface area contributed by atoms with Crippen LogP contribution in [0.1, 0.15) is 40.0 Å². The predicted molar refractivity (Wildman–Crippen MR) is 198 cm³/mol. The molecule has 0 unspecified atom stereocenters. The number of carbonyl (C=O) groups is 9. The van der Waals surface area contributed by atoms with Gasteiger partial charge in [0.1, 0.15) is 54.9 Å². The molecule has 0 aliphatic heterocycles. The fourth-order valence-corrected chi connectivity index (χ4v) is 4.79. The second-order valence-electron chi connectivity index (χ2n) is 13.4. The molecular formula is C33H57N3O27. The third kappa shape index (κ3) is 24.0. The van der Waals surface area contributed by atoms with Crippen LogP contribution >= 0.6 is 0 Å². The molecule has 0 heterocycles. The molecule has 0 saturated heterocycles. The summed E-state index contributed by atoms with van der Waals surface area (Å²) in [7, 11) is 0. The van der Waals surface area contributed by atoms with Crippen molar-refractivity contribution >= 4 is 53.0 Å². The Kier molecular flexibility index (Phi) is 30.9. The number of carboxylic acids is 3. The Morgan fingerprint density at radius 3 is 0.635 bits per heavy atom. The van der Waals surface area contributed by atoms with E-state index in [9.17, 15) is 104 Å². The zero-order valence-corrected chi connectivity index (χ0v) is 33.6. The Morgan fingerprint density at radius 2 is 0.508 bits per heavy atom. The normalized spacial score (nSPS) is 18.2. The SMILES string of the molecule is CC(=O)N[C@@H]([C@@H](O)[C@H](O)[C@H](O)CO)[C@@H](O)CC(=O)C(=O)O.CC(=O)N[C@@H]([C@@H](O)[C@H](O)[C@H](O)CO)[C@@H](O)CC(=O)C(=O)O.CC(=O)N[C@@H]([C@@H](O)[C@H](O)[C@H](O)CO)[C@@H](O)CC(=O)C(=O)O. The fourth-order valence-electron chi connectivity index (χ4n) is 4.79. The number of aliphatic hydroxyl groups is 15. The summed E-state index contributed by atoms with van der Waals surface area (Å²) in [5.41, 5.74) is 0. The highest BCUT2D eigenvalue weighted by atomic mass is 16.4. The van der Waals surface area contributed by atoms with E-state index >= 15 is 0 Å². The molecule has 63 heavy (non-hydrogen) atoms. The average Bonchev–Trinajstić information content (AvgIpc) is 3.20. The first kappa shape index (κ1) is 62.5. The van der Waals surface area contributed by atoms with Gasteiger partial charge in [0.15, 0.2) is 0 Å². The van der Waals surface area contributed by atoms with Gasteiger partial charge in [-0.3, -0.25) is 28.8 Å². The highest BCUT2D eigenvalue weighted by Gasteiger charge is 2.40. The maximum absolute atomic E-state index is 11.0. The molecule has 366 valence electrons. The van der Waals surface area contributed by atoms with Crippen molar-refractivity contribution in [1.82, 2.24) is 16.0 Å². The fraction of sp³-hybridized carbons (Fsp3) is 0.727. The number of rotatable bonds is 27. The predicted octanol–water partition coefficient (Wildman–Crippen LogP) is -12.1. The Balaban J connectivity index is -0.000000857. The van der Waals surface area contributed by atoms with Crippen molar-refractivity contribution in [2.45, 2.75) is 131 Å². The second-order valence-corrected chi connectivity index (χ2v) is 13.4. The number of amides is 3. The molecule has 15 atom stereocenters. The van der Waals surface area contributed by atoms with Crippen LogP contribution in [-0.2, 0) is 43.2 Å². The lowest BCUT2D eigenvalue weighted by Gasteiger charge is -2.32. The number of carboxylic acid groups (broad SMARTS) is 3. The highest BCUT2D eigenvalue weighted by molar-refractivity contribution is 6.33. The van der Waals surface area contributed by atoms with E-state index in [2.05, 4.69) is 0 Å². The summed E-state index contributed by atoms with van der Waals surface area (Å²) >= 11 is 0. The summed E-state index contributed by atoms with van der Waals surface area (Å²) in [5, 5.41) is 172. The molecule has 0 radical (unpaired) electrons. The van der Waals surface area contributed by atoms with E-state index in [-0.39, 0.29) is 0 Å². The molecule has 0 aromatic heterocycles. The van der Waals surface area contributed by atoms with Crippen LogP contribution < -0.4 is 16.0 Å². The van der Waals surface area contributed by atoms with Gasteiger partial charge in [0.25, 0.3) is 0 Å². The Bertz CT molecular complexity index is 1330. The molecule has 0 fully saturated rings. The topological polar surface area (TPSA) is 554 Å². The molecule has 0 aliphatic carbocycles. The number of aliphatic carboxylic acids is 3. The standard InChI is InChI=1S/3C11H19NO9/c3*1-4(14)12-8(5(15)2-6(16)11(20)21)10(19)9(18)7(17)3-13/h3*5,7-10,13,15,17-19H,2-3H2,1H3,(H,12,14)(H,20,21)/t3*5-,7+,8+,9+,10+/m000/s1. The molecule has 0 aliphatic rings. The van der Waals surface area contributed by atoms with Gasteiger partial charge < -0.3 is 108 Å². The minimum atomic E-state index is -1.94. The lowest BCUT2D eigenvalue weighted by molar-refractivity contribution is -0.151. The van der Waals surface area contributed by atoms with Crippen molar-refractivity contribution in [2.24, 2.45) is 0 Å². The molecule has 0 saturated carbocycles. The van der Waals surface area contributed by atoms with Gasteiger partial charge in [-0.1, -0.05) is 0 Å². The minimum Gasteiger partial charge on any atom is -0.475 e. The summed E-state index contributed by atoms with van der Waals surface area (Å²) in [6.45, 7) is 0.403. The van der Waals surface area contributed by atoms with Gasteiger partial charge in [-0.15, -0.1) is 0 Å². The maximum atomic E-state index is 11.0. The molecule has 0 aromatic carbocycles. The van der Waals surface area contributed by atoms with E-state index in [1.54, 1.807) is 0 Å². The van der Waals surface area contributed by atoms with Crippen LogP contribution in [0.4, 0.5) is 0 Å². The van der Waals surface area contributed by atoms with Crippen LogP contribution in [0.15, 0.2) is 0 Å². The number of nitrogens with one attached hydrogen (secondary N) is 3. The van der Waals surface area contributed by atoms with Crippen molar-refractivity contribution in [1.29, 1.82) is 0 Å². The van der Waals surface area contributed by atoms with E-state index in [0.717, 1.165) is 20.8 Å². The summed E-state index contributed by atoms with van der Waals surface area (Å²) in [6.07, 6.45) is -25.0. The lowest BCUT2D eigenvalue weighted by Crippen LogP contribution is -2.57. The Hall–Kier alpha value is -4.77. The summed E-state index contributed by atoms with van der Waals surface area (Å²) in [6, 6.07) is -4.83. The van der Waals surface area contributed by atoms with Gasteiger partial charge in [0.2, 0.25) is 35.1 Å². The zero-order valence-electron chi connectivity index (χ0n) is 33.6. The number of hydrogen-bond acceptors (Lipinski definition) is 24. The molecule has 30 nitrogen and oxygen atoms in total. The Morgan fingerprint density at radius 1 is 0.333 bits per heavy atom. The molecule has 3 amide bonds. The first-order valence-corrected chi connectivity index (χ1v) is 17.9. The van der Waals surface area contributed by atoms with Crippen LogP contribution in [0.5, 0.6) is 0 Å². The number of Topliss-reactive ketones (excluding diaryl/α,β-unsaturated/α-hetero) is 3. The Labute approximate surface area is 355 Å². The van der Waals surface area contributed by atoms with Crippen LogP contribution in [0, 0.1) is 0 Å². The van der Waals surface area contributed by atoms with Gasteiger partial charge in [0.05, 0.1) is 56.3 Å². The van der Waals surface area contributed by atoms with Gasteiger partial charge >= 0.3 is 17.9 Å². The smallest absolute Gasteiger partial charge is 0.372 e. The molecule has 0 rings (SSSR count). The number of carbonyl (C=O) groups excluding carboxylic acids is 6. The third-order valence-electron chi connectivity index (χ3n) is 8.15. The highest BCUT2D eigenvalue weighted by Crippen LogP contribution is 2.14. The van der Waals surface area contributed by atoms with E-state index in [1.165, 1.54) is 0 Å². The van der Waals surface area contributed by atoms with Crippen LogP contribution in [0.2, 0.25) is 0 Å². The van der Waals surface area contributed by atoms with Crippen LogP contribution in [-0.4, -0.2) is 256 Å². The summed E-state index contributed by atoms with van der Waals surface area (Å²) in [4.78, 5) is 97.3. The number of hydrogen-bond donors (Lipinski definition) is 21. The largest absolute Gasteiger partial charge is 0.475 e. The van der Waals surface area contributed by atoms with Crippen LogP contribution in [0.3, 0.4) is 0 Å². The van der Waals surface area contributed by atoms with E-state index < -0.39 is 183 Å². The minimum absolute atomic E-state index is 0.730. The molecule has 21 N–H and O–H groups in total. The summed E-state index contributed by atoms with van der Waals surface area (Å²) < 4.78 is 0. The van der Waals surface area contributed by atoms with Crippen LogP contribution in [0.25, 0.3) is 0 Å². The first-order chi connectivity index (χ1) is 28.8. The maximum Gasteiger partial charge on any atom is 0.372 e. The van der Waals surface area contributed by atoms with Crippen molar-refractivity contribution in [3.63, 3.8) is 0 Å². The number of ketones is 3. The van der Waals surface area contributed by atoms with Gasteiger partial charge in [0, 0.05) is 40.0 Å². The van der Waals surface area contributed by atoms with Crippen molar-refractivity contribution in [3.8, 4) is 0 Å². The van der Waals surface area contributed by atoms with Gasteiger partial charge in [-0.2, -0.15) is 0 Å². The van der Waals surface area contributed by atoms with Gasteiger partial charge in [-0.25, -0.2) is 14.4 Å². The molecule has 0 spiro atoms. The molecule has 0 aromatic rings. The quantitative estimate of drug-likeness (QED) is 0.0340. The van der Waals surface area contributed by atoms with Crippen molar-refractivity contribution in [3.05, 3.63) is 0 Å². The lowest BCUT2D eigenvalue weighted by atomic mass is 9.94.